The highest BCUT2D eigenvalue weighted by Gasteiger charge is 2.27. The Balaban J connectivity index is 1.55. The predicted molar refractivity (Wildman–Crippen MR) is 63.3 cm³/mol. The van der Waals surface area contributed by atoms with E-state index in [1.165, 1.54) is 12.8 Å². The summed E-state index contributed by atoms with van der Waals surface area (Å²) in [6, 6.07) is 0.189. The maximum atomic E-state index is 11.2. The molecule has 0 aromatic carbocycles. The lowest BCUT2D eigenvalue weighted by Gasteiger charge is -2.12. The molecule has 0 aromatic heterocycles. The minimum atomic E-state index is -2.74. The van der Waals surface area contributed by atoms with Crippen LogP contribution >= 0.6 is 0 Å². The SMILES string of the molecule is O=S1(=O)CCC(NCCCC2CCCO2)C1. The van der Waals surface area contributed by atoms with Crippen LogP contribution in [-0.4, -0.2) is 45.2 Å². The summed E-state index contributed by atoms with van der Waals surface area (Å²) >= 11 is 0. The Morgan fingerprint density at radius 2 is 2.19 bits per heavy atom. The van der Waals surface area contributed by atoms with Crippen LogP contribution in [0.4, 0.5) is 0 Å². The number of sulfone groups is 1. The van der Waals surface area contributed by atoms with E-state index in [-0.39, 0.29) is 6.04 Å². The number of rotatable bonds is 5. The molecule has 0 bridgehead atoms. The zero-order chi connectivity index (χ0) is 11.4. The van der Waals surface area contributed by atoms with Crippen LogP contribution in [0, 0.1) is 0 Å². The standard InChI is InChI=1S/C11H21NO3S/c13-16(14)8-5-10(9-16)12-6-1-3-11-4-2-7-15-11/h10-12H,1-9H2. The molecule has 5 heteroatoms. The van der Waals surface area contributed by atoms with Crippen LogP contribution in [0.2, 0.25) is 0 Å². The molecule has 2 saturated heterocycles. The van der Waals surface area contributed by atoms with Crippen molar-refractivity contribution in [2.24, 2.45) is 0 Å². The Morgan fingerprint density at radius 3 is 2.81 bits per heavy atom. The first kappa shape index (κ1) is 12.3. The van der Waals surface area contributed by atoms with Gasteiger partial charge in [0, 0.05) is 12.6 Å². The molecule has 0 saturated carbocycles. The van der Waals surface area contributed by atoms with Crippen LogP contribution in [0.3, 0.4) is 0 Å². The van der Waals surface area contributed by atoms with E-state index in [1.807, 2.05) is 0 Å². The molecule has 2 heterocycles. The van der Waals surface area contributed by atoms with Gasteiger partial charge in [0.25, 0.3) is 0 Å². The minimum absolute atomic E-state index is 0.189. The highest BCUT2D eigenvalue weighted by molar-refractivity contribution is 7.91. The third kappa shape index (κ3) is 3.71. The fourth-order valence-corrected chi connectivity index (χ4v) is 4.17. The lowest BCUT2D eigenvalue weighted by Crippen LogP contribution is -2.31. The van der Waals surface area contributed by atoms with E-state index in [0.717, 1.165) is 32.4 Å². The van der Waals surface area contributed by atoms with Gasteiger partial charge in [0.05, 0.1) is 17.6 Å². The van der Waals surface area contributed by atoms with Gasteiger partial charge in [-0.25, -0.2) is 8.42 Å². The quantitative estimate of drug-likeness (QED) is 0.727. The maximum Gasteiger partial charge on any atom is 0.151 e. The molecular weight excluding hydrogens is 226 g/mol. The number of nitrogens with one attached hydrogen (secondary N) is 1. The van der Waals surface area contributed by atoms with Crippen molar-refractivity contribution < 1.29 is 13.2 Å². The van der Waals surface area contributed by atoms with Gasteiger partial charge in [-0.15, -0.1) is 0 Å². The molecule has 0 spiro atoms. The minimum Gasteiger partial charge on any atom is -0.378 e. The largest absolute Gasteiger partial charge is 0.378 e. The summed E-state index contributed by atoms with van der Waals surface area (Å²) in [5, 5.41) is 3.33. The summed E-state index contributed by atoms with van der Waals surface area (Å²) in [6.45, 7) is 1.83. The Labute approximate surface area is 97.7 Å². The van der Waals surface area contributed by atoms with E-state index in [1.54, 1.807) is 0 Å². The molecule has 0 aliphatic carbocycles. The molecule has 2 aliphatic rings. The zero-order valence-electron chi connectivity index (χ0n) is 9.65. The first-order chi connectivity index (χ1) is 7.66. The van der Waals surface area contributed by atoms with Crippen molar-refractivity contribution >= 4 is 9.84 Å². The fourth-order valence-electron chi connectivity index (χ4n) is 2.46. The van der Waals surface area contributed by atoms with E-state index in [9.17, 15) is 8.42 Å². The van der Waals surface area contributed by atoms with Crippen molar-refractivity contribution in [3.8, 4) is 0 Å². The second kappa shape index (κ2) is 5.47. The molecule has 2 rings (SSSR count). The summed E-state index contributed by atoms with van der Waals surface area (Å²) in [5.41, 5.74) is 0. The molecule has 2 aliphatic heterocycles. The molecule has 4 nitrogen and oxygen atoms in total. The Bertz CT molecular complexity index is 309. The average Bonchev–Trinajstić information content (AvgIpc) is 2.82. The summed E-state index contributed by atoms with van der Waals surface area (Å²) in [5.74, 6) is 0.684. The van der Waals surface area contributed by atoms with Crippen molar-refractivity contribution in [2.75, 3.05) is 24.7 Å². The van der Waals surface area contributed by atoms with Gasteiger partial charge in [-0.2, -0.15) is 0 Å². The van der Waals surface area contributed by atoms with Crippen molar-refractivity contribution in [1.29, 1.82) is 0 Å². The first-order valence-corrected chi connectivity index (χ1v) is 8.03. The van der Waals surface area contributed by atoms with Gasteiger partial charge in [-0.3, -0.25) is 0 Å². The average molecular weight is 247 g/mol. The molecule has 2 unspecified atom stereocenters. The second-order valence-electron chi connectivity index (χ2n) is 4.83. The summed E-state index contributed by atoms with van der Waals surface area (Å²) < 4.78 is 28.0. The van der Waals surface area contributed by atoms with Crippen LogP contribution < -0.4 is 5.32 Å². The molecule has 0 amide bonds. The van der Waals surface area contributed by atoms with Crippen LogP contribution in [0.15, 0.2) is 0 Å². The molecule has 2 atom stereocenters. The lowest BCUT2D eigenvalue weighted by atomic mass is 10.1. The lowest BCUT2D eigenvalue weighted by molar-refractivity contribution is 0.102. The third-order valence-electron chi connectivity index (χ3n) is 3.39. The van der Waals surface area contributed by atoms with Crippen molar-refractivity contribution in [2.45, 2.75) is 44.2 Å². The number of hydrogen-bond donors (Lipinski definition) is 1. The molecule has 0 radical (unpaired) electrons. The highest BCUT2D eigenvalue weighted by atomic mass is 32.2. The molecular formula is C11H21NO3S. The van der Waals surface area contributed by atoms with Gasteiger partial charge in [-0.1, -0.05) is 0 Å². The van der Waals surface area contributed by atoms with Crippen LogP contribution in [0.1, 0.15) is 32.1 Å². The topological polar surface area (TPSA) is 55.4 Å². The van der Waals surface area contributed by atoms with Gasteiger partial charge in [0.15, 0.2) is 9.84 Å². The molecule has 2 fully saturated rings. The molecule has 1 N–H and O–H groups in total. The van der Waals surface area contributed by atoms with Crippen molar-refractivity contribution in [3.05, 3.63) is 0 Å². The monoisotopic (exact) mass is 247 g/mol. The number of hydrogen-bond acceptors (Lipinski definition) is 4. The summed E-state index contributed by atoms with van der Waals surface area (Å²) in [4.78, 5) is 0. The zero-order valence-corrected chi connectivity index (χ0v) is 10.5. The van der Waals surface area contributed by atoms with Crippen molar-refractivity contribution in [3.63, 3.8) is 0 Å². The van der Waals surface area contributed by atoms with Gasteiger partial charge >= 0.3 is 0 Å². The smallest absolute Gasteiger partial charge is 0.151 e. The highest BCUT2D eigenvalue weighted by Crippen LogP contribution is 2.16. The third-order valence-corrected chi connectivity index (χ3v) is 5.16. The van der Waals surface area contributed by atoms with E-state index in [4.69, 9.17) is 4.74 Å². The predicted octanol–water partition coefficient (Wildman–Crippen LogP) is 0.722. The maximum absolute atomic E-state index is 11.2. The van der Waals surface area contributed by atoms with Gasteiger partial charge in [0.2, 0.25) is 0 Å². The Hall–Kier alpha value is -0.130. The van der Waals surface area contributed by atoms with Gasteiger partial charge < -0.3 is 10.1 Å². The number of ether oxygens (including phenoxy) is 1. The van der Waals surface area contributed by atoms with Crippen LogP contribution in [0.5, 0.6) is 0 Å². The molecule has 94 valence electrons. The summed E-state index contributed by atoms with van der Waals surface area (Å²) in [7, 11) is -2.74. The Morgan fingerprint density at radius 1 is 1.31 bits per heavy atom. The summed E-state index contributed by atoms with van der Waals surface area (Å²) in [6.07, 6.45) is 5.81. The van der Waals surface area contributed by atoms with E-state index in [2.05, 4.69) is 5.32 Å². The first-order valence-electron chi connectivity index (χ1n) is 6.21. The fraction of sp³-hybridized carbons (Fsp3) is 1.00. The molecule has 0 aromatic rings. The van der Waals surface area contributed by atoms with Gasteiger partial charge in [0.1, 0.15) is 0 Å². The van der Waals surface area contributed by atoms with Crippen molar-refractivity contribution in [1.82, 2.24) is 5.32 Å². The van der Waals surface area contributed by atoms with E-state index < -0.39 is 9.84 Å². The normalized spacial score (nSPS) is 33.2. The van der Waals surface area contributed by atoms with Crippen LogP contribution in [0.25, 0.3) is 0 Å². The van der Waals surface area contributed by atoms with Crippen LogP contribution in [-0.2, 0) is 14.6 Å². The van der Waals surface area contributed by atoms with Gasteiger partial charge in [-0.05, 0) is 38.6 Å². The van der Waals surface area contributed by atoms with E-state index >= 15 is 0 Å². The second-order valence-corrected chi connectivity index (χ2v) is 7.06. The molecule has 16 heavy (non-hydrogen) atoms. The Kier molecular flexibility index (Phi) is 4.21. The van der Waals surface area contributed by atoms with E-state index in [0.29, 0.717) is 17.6 Å².